The highest BCUT2D eigenvalue weighted by atomic mass is 79.9. The molecule has 96 valence electrons. The molecule has 0 radical (unpaired) electrons. The molecule has 0 aliphatic carbocycles. The molecular weight excluding hydrogens is 298 g/mol. The number of methoxy groups -OCH3 is 1. The quantitative estimate of drug-likeness (QED) is 0.802. The van der Waals surface area contributed by atoms with Crippen molar-refractivity contribution in [3.8, 4) is 17.0 Å². The second-order valence-corrected chi connectivity index (χ2v) is 4.68. The van der Waals surface area contributed by atoms with Gasteiger partial charge in [-0.15, -0.1) is 0 Å². The molecule has 6 heteroatoms. The van der Waals surface area contributed by atoms with Crippen LogP contribution in [0.1, 0.15) is 5.56 Å². The zero-order chi connectivity index (χ0) is 13.1. The summed E-state index contributed by atoms with van der Waals surface area (Å²) in [6.07, 6.45) is 0.539. The normalized spacial score (nSPS) is 10.6. The van der Waals surface area contributed by atoms with Crippen LogP contribution in [0.3, 0.4) is 0 Å². The Hall–Kier alpha value is -1.53. The molecule has 0 saturated carbocycles. The van der Waals surface area contributed by atoms with Crippen LogP contribution in [-0.4, -0.2) is 23.9 Å². The van der Waals surface area contributed by atoms with Crippen molar-refractivity contribution in [2.24, 2.45) is 5.73 Å². The lowest BCUT2D eigenvalue weighted by Gasteiger charge is -2.06. The fourth-order valence-electron chi connectivity index (χ4n) is 1.83. The molecule has 0 aliphatic rings. The van der Waals surface area contributed by atoms with Crippen LogP contribution in [0.4, 0.5) is 0 Å². The number of hydrogen-bond acceptors (Lipinski definition) is 3. The molecule has 0 fully saturated rings. The molecule has 0 amide bonds. The largest absolute Gasteiger partial charge is 0.496 e. The fourth-order valence-corrected chi connectivity index (χ4v) is 2.38. The second kappa shape index (κ2) is 5.41. The van der Waals surface area contributed by atoms with E-state index in [-0.39, 0.29) is 5.56 Å². The van der Waals surface area contributed by atoms with Crippen molar-refractivity contribution in [2.45, 2.75) is 6.42 Å². The van der Waals surface area contributed by atoms with Crippen LogP contribution in [0.2, 0.25) is 0 Å². The van der Waals surface area contributed by atoms with Gasteiger partial charge in [-0.1, -0.05) is 0 Å². The summed E-state index contributed by atoms with van der Waals surface area (Å²) in [7, 11) is 1.61. The van der Waals surface area contributed by atoms with Gasteiger partial charge in [0.2, 0.25) is 0 Å². The predicted molar refractivity (Wildman–Crippen MR) is 73.9 cm³/mol. The Balaban J connectivity index is 2.49. The summed E-state index contributed by atoms with van der Waals surface area (Å²) in [5.41, 5.74) is 7.75. The molecule has 18 heavy (non-hydrogen) atoms. The van der Waals surface area contributed by atoms with Gasteiger partial charge < -0.3 is 10.5 Å². The monoisotopic (exact) mass is 311 g/mol. The smallest absolute Gasteiger partial charge is 0.267 e. The molecule has 1 heterocycles. The van der Waals surface area contributed by atoms with Gasteiger partial charge in [-0.3, -0.25) is 15.0 Å². The van der Waals surface area contributed by atoms with Crippen molar-refractivity contribution in [3.63, 3.8) is 0 Å². The van der Waals surface area contributed by atoms with Crippen molar-refractivity contribution in [3.05, 3.63) is 38.6 Å². The first kappa shape index (κ1) is 12.9. The van der Waals surface area contributed by atoms with E-state index >= 15 is 0 Å². The maximum atomic E-state index is 11.6. The average Bonchev–Trinajstić information content (AvgIpc) is 2.72. The number of nitrogens with one attached hydrogen (secondary N) is 2. The summed E-state index contributed by atoms with van der Waals surface area (Å²) < 4.78 is 6.01. The number of H-pyrrole nitrogens is 2. The molecule has 0 saturated heterocycles. The fraction of sp³-hybridized carbons (Fsp3) is 0.250. The topological polar surface area (TPSA) is 83.9 Å². The van der Waals surface area contributed by atoms with E-state index in [1.807, 2.05) is 18.2 Å². The van der Waals surface area contributed by atoms with Crippen LogP contribution in [0.25, 0.3) is 11.3 Å². The van der Waals surface area contributed by atoms with Gasteiger partial charge in [-0.25, -0.2) is 0 Å². The van der Waals surface area contributed by atoms with Crippen LogP contribution in [-0.2, 0) is 6.42 Å². The highest BCUT2D eigenvalue weighted by Gasteiger charge is 2.12. The summed E-state index contributed by atoms with van der Waals surface area (Å²) in [5.74, 6) is 0.747. The van der Waals surface area contributed by atoms with E-state index in [0.717, 1.165) is 21.5 Å². The minimum absolute atomic E-state index is 0.123. The highest BCUT2D eigenvalue weighted by Crippen LogP contribution is 2.30. The van der Waals surface area contributed by atoms with E-state index in [2.05, 4.69) is 26.1 Å². The number of hydrogen-bond donors (Lipinski definition) is 3. The van der Waals surface area contributed by atoms with E-state index < -0.39 is 0 Å². The summed E-state index contributed by atoms with van der Waals surface area (Å²) >= 11 is 3.42. The lowest BCUT2D eigenvalue weighted by molar-refractivity contribution is 0.412. The number of halogens is 1. The van der Waals surface area contributed by atoms with Crippen molar-refractivity contribution >= 4 is 15.9 Å². The van der Waals surface area contributed by atoms with Gasteiger partial charge in [-0.2, -0.15) is 0 Å². The number of rotatable bonds is 4. The minimum atomic E-state index is -0.123. The standard InChI is InChI=1S/C12H14BrN3O2/c1-18-10-3-2-7(6-9(10)13)11-8(4-5-14)12(17)16-15-11/h2-3,6H,4-5,14H2,1H3,(H2,15,16,17). The molecule has 1 aromatic carbocycles. The lowest BCUT2D eigenvalue weighted by Crippen LogP contribution is -2.12. The zero-order valence-corrected chi connectivity index (χ0v) is 11.5. The van der Waals surface area contributed by atoms with E-state index in [9.17, 15) is 4.79 Å². The van der Waals surface area contributed by atoms with Crippen LogP contribution >= 0.6 is 15.9 Å². The van der Waals surface area contributed by atoms with Gasteiger partial charge >= 0.3 is 0 Å². The van der Waals surface area contributed by atoms with Gasteiger partial charge in [0.25, 0.3) is 5.56 Å². The molecule has 2 aromatic rings. The molecule has 1 aromatic heterocycles. The zero-order valence-electron chi connectivity index (χ0n) is 9.92. The van der Waals surface area contributed by atoms with Crippen LogP contribution in [0.5, 0.6) is 5.75 Å². The van der Waals surface area contributed by atoms with Gasteiger partial charge in [0.15, 0.2) is 0 Å². The van der Waals surface area contributed by atoms with E-state index in [1.165, 1.54) is 0 Å². The Labute approximate surface area is 112 Å². The third kappa shape index (κ3) is 2.34. The Morgan fingerprint density at radius 3 is 2.78 bits per heavy atom. The van der Waals surface area contributed by atoms with Gasteiger partial charge in [0, 0.05) is 11.1 Å². The summed E-state index contributed by atoms with van der Waals surface area (Å²) in [5, 5.41) is 5.47. The third-order valence-electron chi connectivity index (χ3n) is 2.71. The van der Waals surface area contributed by atoms with Crippen LogP contribution < -0.4 is 16.0 Å². The first-order valence-electron chi connectivity index (χ1n) is 5.51. The van der Waals surface area contributed by atoms with Crippen molar-refractivity contribution in [1.82, 2.24) is 10.2 Å². The molecule has 0 spiro atoms. The van der Waals surface area contributed by atoms with E-state index in [0.29, 0.717) is 18.5 Å². The predicted octanol–water partition coefficient (Wildman–Crippen LogP) is 1.64. The SMILES string of the molecule is COc1ccc(-c2[nH][nH]c(=O)c2CCN)cc1Br. The molecule has 0 atom stereocenters. The first-order chi connectivity index (χ1) is 8.67. The van der Waals surface area contributed by atoms with Crippen LogP contribution in [0.15, 0.2) is 27.5 Å². The number of aromatic amines is 2. The number of nitrogens with two attached hydrogens (primary N) is 1. The second-order valence-electron chi connectivity index (χ2n) is 3.82. The van der Waals surface area contributed by atoms with Crippen molar-refractivity contribution in [2.75, 3.05) is 13.7 Å². The molecule has 4 N–H and O–H groups in total. The number of aromatic nitrogens is 2. The molecule has 5 nitrogen and oxygen atoms in total. The van der Waals surface area contributed by atoms with Gasteiger partial charge in [0.1, 0.15) is 5.75 Å². The Kier molecular flexibility index (Phi) is 3.88. The number of benzene rings is 1. The maximum Gasteiger partial charge on any atom is 0.267 e. The lowest BCUT2D eigenvalue weighted by atomic mass is 10.1. The number of ether oxygens (including phenoxy) is 1. The Morgan fingerprint density at radius 2 is 2.17 bits per heavy atom. The van der Waals surface area contributed by atoms with Crippen LogP contribution in [0, 0.1) is 0 Å². The van der Waals surface area contributed by atoms with Crippen molar-refractivity contribution < 1.29 is 4.74 Å². The Morgan fingerprint density at radius 1 is 1.39 bits per heavy atom. The molecular formula is C12H14BrN3O2. The van der Waals surface area contributed by atoms with E-state index in [1.54, 1.807) is 7.11 Å². The summed E-state index contributed by atoms with van der Waals surface area (Å²) in [6.45, 7) is 0.436. The molecule has 2 rings (SSSR count). The summed E-state index contributed by atoms with van der Waals surface area (Å²) in [4.78, 5) is 11.6. The molecule has 0 bridgehead atoms. The molecule has 0 unspecified atom stereocenters. The molecule has 0 aliphatic heterocycles. The van der Waals surface area contributed by atoms with E-state index in [4.69, 9.17) is 10.5 Å². The maximum absolute atomic E-state index is 11.6. The third-order valence-corrected chi connectivity index (χ3v) is 3.33. The first-order valence-corrected chi connectivity index (χ1v) is 6.30. The van der Waals surface area contributed by atoms with Gasteiger partial charge in [0.05, 0.1) is 17.3 Å². The average molecular weight is 312 g/mol. The van der Waals surface area contributed by atoms with Gasteiger partial charge in [-0.05, 0) is 47.1 Å². The highest BCUT2D eigenvalue weighted by molar-refractivity contribution is 9.10. The minimum Gasteiger partial charge on any atom is -0.496 e. The van der Waals surface area contributed by atoms with Crippen molar-refractivity contribution in [1.29, 1.82) is 0 Å². The summed E-state index contributed by atoms with van der Waals surface area (Å²) in [6, 6.07) is 5.64. The Bertz CT molecular complexity index is 604.